The summed E-state index contributed by atoms with van der Waals surface area (Å²) in [5.41, 5.74) is 0.620. The van der Waals surface area contributed by atoms with Crippen LogP contribution in [0.25, 0.3) is 10.9 Å². The van der Waals surface area contributed by atoms with Crippen molar-refractivity contribution in [3.8, 4) is 6.07 Å². The molecule has 0 fully saturated rings. The van der Waals surface area contributed by atoms with E-state index < -0.39 is 38.9 Å². The molecule has 2 amide bonds. The first-order valence-corrected chi connectivity index (χ1v) is 13.3. The summed E-state index contributed by atoms with van der Waals surface area (Å²) in [5, 5.41) is 18.9. The summed E-state index contributed by atoms with van der Waals surface area (Å²) in [4.78, 5) is 26.1. The predicted octanol–water partition coefficient (Wildman–Crippen LogP) is 2.40. The first kappa shape index (κ1) is 26.8. The number of benzene rings is 2. The van der Waals surface area contributed by atoms with Crippen LogP contribution in [0.5, 0.6) is 0 Å². The van der Waals surface area contributed by atoms with E-state index in [0.29, 0.717) is 5.56 Å². The van der Waals surface area contributed by atoms with Crippen LogP contribution >= 0.6 is 0 Å². The number of rotatable bonds is 8. The van der Waals surface area contributed by atoms with Gasteiger partial charge in [0.1, 0.15) is 27.2 Å². The van der Waals surface area contributed by atoms with Gasteiger partial charge in [0.15, 0.2) is 5.69 Å². The van der Waals surface area contributed by atoms with Crippen molar-refractivity contribution in [1.29, 1.82) is 5.26 Å². The van der Waals surface area contributed by atoms with Crippen LogP contribution in [0.15, 0.2) is 42.5 Å². The first-order chi connectivity index (χ1) is 16.8. The zero-order chi connectivity index (χ0) is 26.7. The monoisotopic (exact) mass is 513 g/mol. The van der Waals surface area contributed by atoms with Crippen molar-refractivity contribution in [3.63, 3.8) is 0 Å². The Morgan fingerprint density at radius 3 is 2.42 bits per heavy atom. The normalized spacial score (nSPS) is 12.7. The minimum atomic E-state index is -3.27. The molecular formula is C25H28FN5O4S. The van der Waals surface area contributed by atoms with Gasteiger partial charge in [-0.15, -0.1) is 0 Å². The van der Waals surface area contributed by atoms with Crippen molar-refractivity contribution in [2.45, 2.75) is 33.4 Å². The van der Waals surface area contributed by atoms with Gasteiger partial charge in [0, 0.05) is 18.2 Å². The summed E-state index contributed by atoms with van der Waals surface area (Å²) in [6.07, 6.45) is 1.07. The number of fused-ring (bicyclic) bond motifs is 1. The van der Waals surface area contributed by atoms with Crippen LogP contribution in [0, 0.1) is 22.6 Å². The molecule has 1 heterocycles. The van der Waals surface area contributed by atoms with E-state index in [2.05, 4.69) is 15.7 Å². The molecule has 0 radical (unpaired) electrons. The number of aromatic nitrogens is 2. The molecule has 0 aliphatic carbocycles. The maximum absolute atomic E-state index is 14.8. The SMILES string of the molecule is CC(C)(C)C(NC(=O)c1nn(Cc2ccc(C#N)cc2)c2c(F)cccc12)C(=O)NCCS(C)(=O)=O. The highest BCUT2D eigenvalue weighted by Crippen LogP contribution is 2.25. The highest BCUT2D eigenvalue weighted by molar-refractivity contribution is 7.90. The fourth-order valence-electron chi connectivity index (χ4n) is 3.67. The summed E-state index contributed by atoms with van der Waals surface area (Å²) >= 11 is 0. The van der Waals surface area contributed by atoms with Crippen LogP contribution in [0.3, 0.4) is 0 Å². The first-order valence-electron chi connectivity index (χ1n) is 11.2. The molecule has 36 heavy (non-hydrogen) atoms. The van der Waals surface area contributed by atoms with E-state index in [9.17, 15) is 22.4 Å². The number of halogens is 1. The lowest BCUT2D eigenvalue weighted by Gasteiger charge is -2.30. The number of nitrogens with one attached hydrogen (secondary N) is 2. The quantitative estimate of drug-likeness (QED) is 0.475. The number of nitrogens with zero attached hydrogens (tertiary/aromatic N) is 3. The molecule has 2 aromatic carbocycles. The fourth-order valence-corrected chi connectivity index (χ4v) is 4.14. The van der Waals surface area contributed by atoms with E-state index in [0.717, 1.165) is 11.8 Å². The van der Waals surface area contributed by atoms with Crippen molar-refractivity contribution < 1.29 is 22.4 Å². The van der Waals surface area contributed by atoms with Gasteiger partial charge in [-0.3, -0.25) is 14.3 Å². The third kappa shape index (κ3) is 6.46. The van der Waals surface area contributed by atoms with Crippen LogP contribution in [-0.2, 0) is 21.2 Å². The summed E-state index contributed by atoms with van der Waals surface area (Å²) in [6.45, 7) is 5.35. The van der Waals surface area contributed by atoms with Gasteiger partial charge in [-0.05, 0) is 29.2 Å². The molecule has 0 aliphatic heterocycles. The maximum Gasteiger partial charge on any atom is 0.273 e. The van der Waals surface area contributed by atoms with Gasteiger partial charge in [-0.25, -0.2) is 12.8 Å². The minimum absolute atomic E-state index is 0.0451. The standard InChI is InChI=1S/C25H28FN5O4S/c1-25(2,3)22(24(33)28-12-13-36(4,34)35)29-23(32)20-18-6-5-7-19(26)21(18)31(30-20)15-17-10-8-16(14-27)9-11-17/h5-11,22H,12-13,15H2,1-4H3,(H,28,33)(H,29,32). The number of nitriles is 1. The number of sulfone groups is 1. The summed E-state index contributed by atoms with van der Waals surface area (Å²) < 4.78 is 39.0. The molecule has 2 N–H and O–H groups in total. The molecule has 0 bridgehead atoms. The molecule has 0 aliphatic rings. The van der Waals surface area contributed by atoms with E-state index in [1.54, 1.807) is 51.1 Å². The molecule has 0 saturated heterocycles. The molecule has 190 valence electrons. The highest BCUT2D eigenvalue weighted by atomic mass is 32.2. The Bertz CT molecular complexity index is 1430. The third-order valence-corrected chi connectivity index (χ3v) is 6.47. The number of hydrogen-bond acceptors (Lipinski definition) is 6. The van der Waals surface area contributed by atoms with E-state index in [4.69, 9.17) is 5.26 Å². The fraction of sp³-hybridized carbons (Fsp3) is 0.360. The van der Waals surface area contributed by atoms with Crippen molar-refractivity contribution in [2.24, 2.45) is 5.41 Å². The molecule has 3 aromatic rings. The molecule has 1 aromatic heterocycles. The van der Waals surface area contributed by atoms with Gasteiger partial charge in [0.05, 0.1) is 23.9 Å². The van der Waals surface area contributed by atoms with Crippen LogP contribution in [0.1, 0.15) is 42.4 Å². The Morgan fingerprint density at radius 2 is 1.83 bits per heavy atom. The molecule has 9 nitrogen and oxygen atoms in total. The second-order valence-electron chi connectivity index (χ2n) is 9.64. The summed E-state index contributed by atoms with van der Waals surface area (Å²) in [5.74, 6) is -1.99. The molecule has 0 spiro atoms. The van der Waals surface area contributed by atoms with Gasteiger partial charge >= 0.3 is 0 Å². The Hall–Kier alpha value is -3.78. The largest absolute Gasteiger partial charge is 0.353 e. The zero-order valence-corrected chi connectivity index (χ0v) is 21.3. The van der Waals surface area contributed by atoms with Crippen LogP contribution < -0.4 is 10.6 Å². The third-order valence-electron chi connectivity index (χ3n) is 5.53. The second kappa shape index (κ2) is 10.5. The van der Waals surface area contributed by atoms with Crippen molar-refractivity contribution in [1.82, 2.24) is 20.4 Å². The highest BCUT2D eigenvalue weighted by Gasteiger charge is 2.34. The molecule has 11 heteroatoms. The van der Waals surface area contributed by atoms with E-state index >= 15 is 0 Å². The molecule has 1 unspecified atom stereocenters. The minimum Gasteiger partial charge on any atom is -0.353 e. The Balaban J connectivity index is 1.91. The molecule has 1 atom stereocenters. The van der Waals surface area contributed by atoms with E-state index in [1.807, 2.05) is 6.07 Å². The lowest BCUT2D eigenvalue weighted by atomic mass is 9.86. The van der Waals surface area contributed by atoms with Gasteiger partial charge in [0.25, 0.3) is 5.91 Å². The number of carbonyl (C=O) groups excluding carboxylic acids is 2. The Morgan fingerprint density at radius 1 is 1.17 bits per heavy atom. The summed E-state index contributed by atoms with van der Waals surface area (Å²) in [6, 6.07) is 12.1. The van der Waals surface area contributed by atoms with Crippen molar-refractivity contribution in [3.05, 3.63) is 65.1 Å². The number of para-hydroxylation sites is 1. The lowest BCUT2D eigenvalue weighted by Crippen LogP contribution is -2.54. The topological polar surface area (TPSA) is 134 Å². The second-order valence-corrected chi connectivity index (χ2v) is 11.9. The predicted molar refractivity (Wildman–Crippen MR) is 133 cm³/mol. The Kier molecular flexibility index (Phi) is 7.79. The molecular weight excluding hydrogens is 485 g/mol. The number of hydrogen-bond donors (Lipinski definition) is 2. The number of carbonyl (C=O) groups is 2. The van der Waals surface area contributed by atoms with E-state index in [-0.39, 0.29) is 35.4 Å². The zero-order valence-electron chi connectivity index (χ0n) is 20.5. The van der Waals surface area contributed by atoms with Gasteiger partial charge in [0.2, 0.25) is 5.91 Å². The average molecular weight is 514 g/mol. The van der Waals surface area contributed by atoms with Crippen LogP contribution in [0.2, 0.25) is 0 Å². The van der Waals surface area contributed by atoms with Crippen LogP contribution in [-0.4, -0.2) is 54.6 Å². The van der Waals surface area contributed by atoms with Gasteiger partial charge in [-0.2, -0.15) is 10.4 Å². The van der Waals surface area contributed by atoms with E-state index in [1.165, 1.54) is 16.8 Å². The van der Waals surface area contributed by atoms with Crippen molar-refractivity contribution in [2.75, 3.05) is 18.6 Å². The van der Waals surface area contributed by atoms with Crippen molar-refractivity contribution >= 4 is 32.6 Å². The molecule has 3 rings (SSSR count). The Labute approximate surface area is 209 Å². The average Bonchev–Trinajstić information content (AvgIpc) is 3.15. The van der Waals surface area contributed by atoms with Gasteiger partial charge in [-0.1, -0.05) is 45.0 Å². The van der Waals surface area contributed by atoms with Crippen LogP contribution in [0.4, 0.5) is 4.39 Å². The number of amides is 2. The van der Waals surface area contributed by atoms with Gasteiger partial charge < -0.3 is 10.6 Å². The maximum atomic E-state index is 14.8. The smallest absolute Gasteiger partial charge is 0.273 e. The molecule has 0 saturated carbocycles. The summed E-state index contributed by atoms with van der Waals surface area (Å²) in [7, 11) is -3.27. The lowest BCUT2D eigenvalue weighted by molar-refractivity contribution is -0.125.